The van der Waals surface area contributed by atoms with Gasteiger partial charge in [-0.15, -0.1) is 0 Å². The molecule has 1 N–H and O–H groups in total. The minimum atomic E-state index is -4.92. The van der Waals surface area contributed by atoms with Crippen LogP contribution in [0.4, 0.5) is 0 Å². The van der Waals surface area contributed by atoms with E-state index in [1.165, 1.54) is 7.14 Å². The van der Waals surface area contributed by atoms with Gasteiger partial charge in [0.05, 0.1) is 5.56 Å². The van der Waals surface area contributed by atoms with Gasteiger partial charge in [-0.25, -0.2) is 8.42 Å². The lowest BCUT2D eigenvalue weighted by atomic mass is 10.0. The lowest BCUT2D eigenvalue weighted by Gasteiger charge is -2.01. The topological polar surface area (TPSA) is 94.5 Å². The molecule has 5 nitrogen and oxygen atoms in total. The van der Waals surface area contributed by atoms with Crippen molar-refractivity contribution in [2.45, 2.75) is 0 Å². The second kappa shape index (κ2) is 9.58. The fraction of sp³-hybridized carbons (Fsp3) is 0. The van der Waals surface area contributed by atoms with Crippen LogP contribution in [0.5, 0.6) is 0 Å². The minimum absolute atomic E-state index is 0.113. The quantitative estimate of drug-likeness (QED) is 0.246. The summed E-state index contributed by atoms with van der Waals surface area (Å²) in [7, 11) is -4.92. The maximum Gasteiger partial charge on any atom is 0.358 e. The second-order valence-corrected chi connectivity index (χ2v) is 8.80. The Hall–Kier alpha value is -2.07. The highest BCUT2D eigenvalue weighted by Crippen LogP contribution is 2.09. The van der Waals surface area contributed by atoms with E-state index in [0.29, 0.717) is 0 Å². The summed E-state index contributed by atoms with van der Waals surface area (Å²) in [5.41, 5.74) is 1.59. The number of carbonyl (C=O) groups excluding carboxylic acids is 1. The molecular weight excluding hydrogens is 467 g/mol. The third-order valence-electron chi connectivity index (χ3n) is 3.10. The normalized spacial score (nSPS) is 10.5. The van der Waals surface area contributed by atoms with Gasteiger partial charge >= 0.3 is 21.2 Å². The Morgan fingerprint density at radius 3 is 1.85 bits per heavy atom. The first kappa shape index (κ1) is 20.2. The molecule has 0 radical (unpaired) electrons. The van der Waals surface area contributed by atoms with E-state index >= 15 is 0 Å². The van der Waals surface area contributed by atoms with E-state index in [2.05, 4.69) is 30.3 Å². The zero-order valence-corrected chi connectivity index (χ0v) is 16.4. The van der Waals surface area contributed by atoms with Gasteiger partial charge in [-0.05, 0) is 24.3 Å². The molecule has 0 bridgehead atoms. The number of ketones is 1. The van der Waals surface area contributed by atoms with Crippen molar-refractivity contribution in [3.63, 3.8) is 0 Å². The van der Waals surface area contributed by atoms with Gasteiger partial charge in [0, 0.05) is 5.56 Å². The van der Waals surface area contributed by atoms with Gasteiger partial charge in [0.2, 0.25) is 14.0 Å². The van der Waals surface area contributed by atoms with E-state index < -0.39 is 10.4 Å². The van der Waals surface area contributed by atoms with Crippen LogP contribution in [0.3, 0.4) is 0 Å². The van der Waals surface area contributed by atoms with Crippen molar-refractivity contribution >= 4 is 16.2 Å². The Labute approximate surface area is 162 Å². The summed E-state index contributed by atoms with van der Waals surface area (Å²) >= 11 is -0.339. The highest BCUT2D eigenvalue weighted by atomic mass is 127. The number of rotatable bonds is 4. The monoisotopic (exact) mass is 482 g/mol. The SMILES string of the molecule is O=C(c1ccccc1)c1ccccc1[I+]c1ccccc1.O=S(=O)([O-])O. The molecule has 7 heteroatoms. The van der Waals surface area contributed by atoms with Crippen LogP contribution in [0.1, 0.15) is 15.9 Å². The minimum Gasteiger partial charge on any atom is -0.726 e. The van der Waals surface area contributed by atoms with Gasteiger partial charge in [0.25, 0.3) is 0 Å². The van der Waals surface area contributed by atoms with Crippen molar-refractivity contribution in [3.8, 4) is 0 Å². The summed E-state index contributed by atoms with van der Waals surface area (Å²) in [4.78, 5) is 12.7. The van der Waals surface area contributed by atoms with Crippen LogP contribution >= 0.6 is 0 Å². The van der Waals surface area contributed by atoms with E-state index in [0.717, 1.165) is 11.1 Å². The van der Waals surface area contributed by atoms with Crippen molar-refractivity contribution in [1.29, 1.82) is 0 Å². The molecule has 0 spiro atoms. The Morgan fingerprint density at radius 1 is 0.808 bits per heavy atom. The van der Waals surface area contributed by atoms with Crippen LogP contribution in [-0.2, 0) is 10.4 Å². The summed E-state index contributed by atoms with van der Waals surface area (Å²) in [6.07, 6.45) is 0. The number of benzene rings is 3. The summed E-state index contributed by atoms with van der Waals surface area (Å²) in [5.74, 6) is 0.113. The molecule has 134 valence electrons. The van der Waals surface area contributed by atoms with Crippen LogP contribution in [0, 0.1) is 7.14 Å². The van der Waals surface area contributed by atoms with Gasteiger partial charge < -0.3 is 4.55 Å². The lowest BCUT2D eigenvalue weighted by Crippen LogP contribution is -3.61. The molecule has 0 aliphatic heterocycles. The zero-order valence-electron chi connectivity index (χ0n) is 13.4. The number of halogens is 1. The number of hydrogen-bond donors (Lipinski definition) is 1. The largest absolute Gasteiger partial charge is 0.726 e. The molecule has 0 aliphatic carbocycles. The molecule has 0 aromatic heterocycles. The lowest BCUT2D eigenvalue weighted by molar-refractivity contribution is -0.597. The standard InChI is InChI=1S/C19H14IO.H2O4S/c21-19(15-9-3-1-4-10-15)17-13-7-8-14-18(17)20-16-11-5-2-6-12-16;1-5(2,3)4/h1-14H;(H2,1,2,3,4)/q+1;/p-1. The molecule has 0 saturated carbocycles. The maximum atomic E-state index is 12.7. The summed E-state index contributed by atoms with van der Waals surface area (Å²) < 4.78 is 35.3. The van der Waals surface area contributed by atoms with E-state index in [1.807, 2.05) is 54.6 Å². The van der Waals surface area contributed by atoms with E-state index in [1.54, 1.807) is 0 Å². The van der Waals surface area contributed by atoms with Crippen molar-refractivity contribution in [2.24, 2.45) is 0 Å². The fourth-order valence-electron chi connectivity index (χ4n) is 2.07. The van der Waals surface area contributed by atoms with Crippen LogP contribution in [0.2, 0.25) is 0 Å². The van der Waals surface area contributed by atoms with Gasteiger partial charge in [-0.1, -0.05) is 60.7 Å². The second-order valence-electron chi connectivity index (χ2n) is 4.99. The average Bonchev–Trinajstić information content (AvgIpc) is 2.62. The Balaban J connectivity index is 0.000000431. The smallest absolute Gasteiger partial charge is 0.358 e. The molecule has 0 amide bonds. The first-order valence-corrected chi connectivity index (χ1v) is 10.9. The molecule has 0 atom stereocenters. The summed E-state index contributed by atoms with van der Waals surface area (Å²) in [6, 6.07) is 27.9. The Bertz CT molecular complexity index is 949. The van der Waals surface area contributed by atoms with Gasteiger partial charge in [0.1, 0.15) is 0 Å². The average molecular weight is 482 g/mol. The van der Waals surface area contributed by atoms with E-state index in [4.69, 9.17) is 17.5 Å². The highest BCUT2D eigenvalue weighted by Gasteiger charge is 2.23. The molecule has 0 aliphatic rings. The van der Waals surface area contributed by atoms with Crippen LogP contribution in [0.25, 0.3) is 0 Å². The summed E-state index contributed by atoms with van der Waals surface area (Å²) in [6.45, 7) is 0. The molecule has 0 heterocycles. The van der Waals surface area contributed by atoms with Gasteiger partial charge in [-0.2, -0.15) is 0 Å². The van der Waals surface area contributed by atoms with E-state index in [-0.39, 0.29) is 27.0 Å². The number of hydrogen-bond acceptors (Lipinski definition) is 4. The van der Waals surface area contributed by atoms with Gasteiger partial charge in [-0.3, -0.25) is 9.35 Å². The van der Waals surface area contributed by atoms with Crippen molar-refractivity contribution < 1.29 is 43.5 Å². The molecule has 3 rings (SSSR count). The van der Waals surface area contributed by atoms with Crippen molar-refractivity contribution in [3.05, 3.63) is 103 Å². The molecule has 3 aromatic carbocycles. The molecule has 0 saturated heterocycles. The van der Waals surface area contributed by atoms with Crippen molar-refractivity contribution in [2.75, 3.05) is 0 Å². The summed E-state index contributed by atoms with van der Waals surface area (Å²) in [5, 5.41) is 0. The third kappa shape index (κ3) is 7.04. The predicted octanol–water partition coefficient (Wildman–Crippen LogP) is 0.0506. The van der Waals surface area contributed by atoms with Crippen LogP contribution in [0.15, 0.2) is 84.9 Å². The molecule has 26 heavy (non-hydrogen) atoms. The van der Waals surface area contributed by atoms with Crippen LogP contribution in [-0.4, -0.2) is 23.3 Å². The molecule has 0 unspecified atom stereocenters. The highest BCUT2D eigenvalue weighted by molar-refractivity contribution is 7.79. The fourth-order valence-corrected chi connectivity index (χ4v) is 4.62. The van der Waals surface area contributed by atoms with Crippen molar-refractivity contribution in [1.82, 2.24) is 0 Å². The molecule has 3 aromatic rings. The first-order valence-electron chi connectivity index (χ1n) is 7.41. The molecule has 0 fully saturated rings. The van der Waals surface area contributed by atoms with Gasteiger partial charge in [0.15, 0.2) is 9.35 Å². The third-order valence-corrected chi connectivity index (χ3v) is 5.96. The van der Waals surface area contributed by atoms with Crippen LogP contribution < -0.4 is 21.2 Å². The predicted molar refractivity (Wildman–Crippen MR) is 92.5 cm³/mol. The maximum absolute atomic E-state index is 12.7. The zero-order chi connectivity index (χ0) is 19.0. The Morgan fingerprint density at radius 2 is 1.27 bits per heavy atom. The first-order chi connectivity index (χ1) is 12.3. The number of carbonyl (C=O) groups is 1. The molecular formula is C19H15IO5S. The Kier molecular flexibility index (Phi) is 7.46. The van der Waals surface area contributed by atoms with E-state index in [9.17, 15) is 4.79 Å².